The first-order chi connectivity index (χ1) is 12.1. The van der Waals surface area contributed by atoms with Crippen LogP contribution in [0.4, 0.5) is 0 Å². The second kappa shape index (κ2) is 7.50. The molecule has 3 nitrogen and oxygen atoms in total. The Balaban J connectivity index is 2.05. The van der Waals surface area contributed by atoms with Crippen LogP contribution in [0.15, 0.2) is 48.1 Å². The topological polar surface area (TPSA) is 45.8 Å². The summed E-state index contributed by atoms with van der Waals surface area (Å²) in [5, 5.41) is 11.5. The Hall–Kier alpha value is -2.64. The maximum atomic E-state index is 11.9. The SMILES string of the molecule is CCCCc1cc(-n2cc(C#N)c(-c3cccs3)c2)ccc1C(C)=O. The molecule has 0 aliphatic carbocycles. The Morgan fingerprint density at radius 3 is 2.76 bits per heavy atom. The molecule has 0 saturated carbocycles. The maximum Gasteiger partial charge on any atom is 0.160 e. The van der Waals surface area contributed by atoms with Crippen molar-refractivity contribution in [1.82, 2.24) is 4.57 Å². The summed E-state index contributed by atoms with van der Waals surface area (Å²) in [5.74, 6) is 0.0992. The number of nitrogens with zero attached hydrogens (tertiary/aromatic N) is 2. The van der Waals surface area contributed by atoms with Gasteiger partial charge in [-0.2, -0.15) is 5.26 Å². The van der Waals surface area contributed by atoms with Crippen LogP contribution in [-0.2, 0) is 6.42 Å². The number of rotatable bonds is 6. The maximum absolute atomic E-state index is 11.9. The Morgan fingerprint density at radius 1 is 1.28 bits per heavy atom. The molecule has 25 heavy (non-hydrogen) atoms. The van der Waals surface area contributed by atoms with Crippen LogP contribution in [-0.4, -0.2) is 10.4 Å². The molecule has 3 rings (SSSR count). The van der Waals surface area contributed by atoms with Crippen molar-refractivity contribution in [3.63, 3.8) is 0 Å². The van der Waals surface area contributed by atoms with E-state index in [1.54, 1.807) is 18.3 Å². The lowest BCUT2D eigenvalue weighted by atomic mass is 9.99. The number of aromatic nitrogens is 1. The van der Waals surface area contributed by atoms with Gasteiger partial charge in [-0.25, -0.2) is 0 Å². The average Bonchev–Trinajstić information content (AvgIpc) is 3.28. The summed E-state index contributed by atoms with van der Waals surface area (Å²) in [6.45, 7) is 3.76. The predicted octanol–water partition coefficient (Wildman–Crippen LogP) is 5.62. The number of aryl methyl sites for hydroxylation is 1. The van der Waals surface area contributed by atoms with Crippen molar-refractivity contribution < 1.29 is 4.79 Å². The Kier molecular flexibility index (Phi) is 5.16. The molecule has 2 aromatic heterocycles. The lowest BCUT2D eigenvalue weighted by molar-refractivity contribution is 0.101. The van der Waals surface area contributed by atoms with Gasteiger partial charge in [0.05, 0.1) is 5.56 Å². The predicted molar refractivity (Wildman–Crippen MR) is 102 cm³/mol. The first-order valence-corrected chi connectivity index (χ1v) is 9.32. The van der Waals surface area contributed by atoms with Crippen LogP contribution in [0.2, 0.25) is 0 Å². The van der Waals surface area contributed by atoms with Crippen LogP contribution < -0.4 is 0 Å². The Morgan fingerprint density at radius 2 is 2.12 bits per heavy atom. The molecule has 3 aromatic rings. The summed E-state index contributed by atoms with van der Waals surface area (Å²) < 4.78 is 1.98. The molecular formula is C21H20N2OS. The summed E-state index contributed by atoms with van der Waals surface area (Å²) in [7, 11) is 0. The fourth-order valence-corrected chi connectivity index (χ4v) is 3.73. The minimum atomic E-state index is 0.0992. The molecule has 1 aromatic carbocycles. The Bertz CT molecular complexity index is 929. The van der Waals surface area contributed by atoms with Crippen molar-refractivity contribution in [3.05, 3.63) is 64.8 Å². The second-order valence-corrected chi connectivity index (χ2v) is 7.03. The van der Waals surface area contributed by atoms with Gasteiger partial charge in [-0.15, -0.1) is 11.3 Å². The summed E-state index contributed by atoms with van der Waals surface area (Å²) in [6.07, 6.45) is 6.90. The average molecular weight is 348 g/mol. The van der Waals surface area contributed by atoms with E-state index >= 15 is 0 Å². The van der Waals surface area contributed by atoms with Crippen molar-refractivity contribution in [2.75, 3.05) is 0 Å². The molecule has 0 saturated heterocycles. The highest BCUT2D eigenvalue weighted by Gasteiger charge is 2.13. The van der Waals surface area contributed by atoms with Gasteiger partial charge < -0.3 is 4.57 Å². The molecule has 0 fully saturated rings. The molecule has 4 heteroatoms. The third kappa shape index (κ3) is 3.57. The number of nitriles is 1. The van der Waals surface area contributed by atoms with Crippen LogP contribution in [0.5, 0.6) is 0 Å². The van der Waals surface area contributed by atoms with Crippen LogP contribution in [0, 0.1) is 11.3 Å². The zero-order valence-electron chi connectivity index (χ0n) is 14.5. The molecule has 0 atom stereocenters. The number of carbonyl (C=O) groups excluding carboxylic acids is 1. The van der Waals surface area contributed by atoms with E-state index in [0.717, 1.165) is 46.5 Å². The number of ketones is 1. The van der Waals surface area contributed by atoms with Gasteiger partial charge in [0.1, 0.15) is 6.07 Å². The Labute approximate surface area is 152 Å². The van der Waals surface area contributed by atoms with Crippen molar-refractivity contribution in [3.8, 4) is 22.2 Å². The fraction of sp³-hybridized carbons (Fsp3) is 0.238. The quantitative estimate of drug-likeness (QED) is 0.543. The van der Waals surface area contributed by atoms with Gasteiger partial charge in [0.15, 0.2) is 5.78 Å². The molecule has 0 N–H and O–H groups in total. The number of Topliss-reactive ketones (excluding diaryl/α,β-unsaturated/α-hetero) is 1. The van der Waals surface area contributed by atoms with Gasteiger partial charge in [0.25, 0.3) is 0 Å². The lowest BCUT2D eigenvalue weighted by Crippen LogP contribution is -2.02. The highest BCUT2D eigenvalue weighted by molar-refractivity contribution is 7.13. The van der Waals surface area contributed by atoms with Gasteiger partial charge in [-0.3, -0.25) is 4.79 Å². The van der Waals surface area contributed by atoms with E-state index in [-0.39, 0.29) is 5.78 Å². The third-order valence-electron chi connectivity index (χ3n) is 4.30. The number of thiophene rings is 1. The van der Waals surface area contributed by atoms with Gasteiger partial charge in [0, 0.05) is 34.1 Å². The number of benzene rings is 1. The largest absolute Gasteiger partial charge is 0.322 e. The second-order valence-electron chi connectivity index (χ2n) is 6.08. The molecule has 0 unspecified atom stereocenters. The number of unbranched alkanes of at least 4 members (excludes halogenated alkanes) is 1. The van der Waals surface area contributed by atoms with Crippen LogP contribution in [0.25, 0.3) is 16.1 Å². The summed E-state index contributed by atoms with van der Waals surface area (Å²) >= 11 is 1.63. The van der Waals surface area contributed by atoms with E-state index in [2.05, 4.69) is 19.1 Å². The van der Waals surface area contributed by atoms with Crippen LogP contribution in [0.1, 0.15) is 48.2 Å². The molecule has 0 amide bonds. The number of hydrogen-bond donors (Lipinski definition) is 0. The molecule has 0 aliphatic heterocycles. The van der Waals surface area contributed by atoms with E-state index in [1.165, 1.54) is 0 Å². The van der Waals surface area contributed by atoms with E-state index in [4.69, 9.17) is 0 Å². The first-order valence-electron chi connectivity index (χ1n) is 8.44. The monoisotopic (exact) mass is 348 g/mol. The molecule has 0 radical (unpaired) electrons. The van der Waals surface area contributed by atoms with Gasteiger partial charge in [-0.05, 0) is 55.0 Å². The number of hydrogen-bond acceptors (Lipinski definition) is 3. The lowest BCUT2D eigenvalue weighted by Gasteiger charge is -2.10. The molecular weight excluding hydrogens is 328 g/mol. The molecule has 126 valence electrons. The van der Waals surface area contributed by atoms with Crippen molar-refractivity contribution in [1.29, 1.82) is 5.26 Å². The standard InChI is InChI=1S/C21H20N2OS/c1-3-4-6-16-11-18(8-9-19(16)15(2)24)23-13-17(12-22)20(14-23)21-7-5-10-25-21/h5,7-11,13-14H,3-4,6H2,1-2H3. The minimum absolute atomic E-state index is 0.0992. The zero-order valence-corrected chi connectivity index (χ0v) is 15.3. The summed E-state index contributed by atoms with van der Waals surface area (Å²) in [5.41, 5.74) is 4.46. The first kappa shape index (κ1) is 17.2. The smallest absolute Gasteiger partial charge is 0.160 e. The fourth-order valence-electron chi connectivity index (χ4n) is 2.98. The van der Waals surface area contributed by atoms with E-state index in [0.29, 0.717) is 5.56 Å². The summed E-state index contributed by atoms with van der Waals surface area (Å²) in [4.78, 5) is 13.0. The van der Waals surface area contributed by atoms with Crippen LogP contribution in [0.3, 0.4) is 0 Å². The highest BCUT2D eigenvalue weighted by atomic mass is 32.1. The van der Waals surface area contributed by atoms with Crippen molar-refractivity contribution >= 4 is 17.1 Å². The van der Waals surface area contributed by atoms with Gasteiger partial charge in [0.2, 0.25) is 0 Å². The van der Waals surface area contributed by atoms with Crippen molar-refractivity contribution in [2.24, 2.45) is 0 Å². The highest BCUT2D eigenvalue weighted by Crippen LogP contribution is 2.30. The van der Waals surface area contributed by atoms with E-state index in [1.807, 2.05) is 46.6 Å². The zero-order chi connectivity index (χ0) is 17.8. The summed E-state index contributed by atoms with van der Waals surface area (Å²) in [6, 6.07) is 12.2. The van der Waals surface area contributed by atoms with E-state index in [9.17, 15) is 10.1 Å². The normalized spacial score (nSPS) is 10.6. The minimum Gasteiger partial charge on any atom is -0.322 e. The molecule has 2 heterocycles. The number of carbonyl (C=O) groups is 1. The van der Waals surface area contributed by atoms with Gasteiger partial charge >= 0.3 is 0 Å². The molecule has 0 bridgehead atoms. The molecule has 0 aliphatic rings. The van der Waals surface area contributed by atoms with Gasteiger partial charge in [-0.1, -0.05) is 19.4 Å². The third-order valence-corrected chi connectivity index (χ3v) is 5.20. The molecule has 0 spiro atoms. The van der Waals surface area contributed by atoms with Crippen molar-refractivity contribution in [2.45, 2.75) is 33.1 Å². The van der Waals surface area contributed by atoms with Crippen LogP contribution >= 0.6 is 11.3 Å². The van der Waals surface area contributed by atoms with E-state index < -0.39 is 0 Å².